The molecule has 0 aliphatic carbocycles. The molecule has 10 heteroatoms. The fourth-order valence-corrected chi connectivity index (χ4v) is 2.62. The van der Waals surface area contributed by atoms with E-state index in [1.807, 2.05) is 0 Å². The lowest BCUT2D eigenvalue weighted by atomic mass is 10.1. The van der Waals surface area contributed by atoms with E-state index in [9.17, 15) is 32.9 Å². The molecule has 0 aliphatic rings. The topological polar surface area (TPSA) is 92.6 Å². The summed E-state index contributed by atoms with van der Waals surface area (Å²) < 4.78 is 37.9. The zero-order chi connectivity index (χ0) is 22.3. The monoisotopic (exact) mass is 421 g/mol. The molecule has 0 aliphatic heterocycles. The predicted octanol–water partition coefficient (Wildman–Crippen LogP) is 4.16. The van der Waals surface area contributed by atoms with E-state index in [2.05, 4.69) is 5.32 Å². The Balaban J connectivity index is 2.09. The first-order valence-corrected chi connectivity index (χ1v) is 8.79. The highest BCUT2D eigenvalue weighted by Gasteiger charge is 2.41. The van der Waals surface area contributed by atoms with Crippen LogP contribution in [0.3, 0.4) is 0 Å². The Hall–Kier alpha value is -3.69. The molecule has 0 spiro atoms. The molecule has 0 heterocycles. The van der Waals surface area contributed by atoms with Crippen LogP contribution in [0.4, 0.5) is 24.5 Å². The Kier molecular flexibility index (Phi) is 7.29. The largest absolute Gasteiger partial charge is 0.471 e. The van der Waals surface area contributed by atoms with E-state index in [1.165, 1.54) is 55.5 Å². The number of nitrogens with zero attached hydrogens (tertiary/aromatic N) is 2. The average Bonchev–Trinajstić information content (AvgIpc) is 2.69. The minimum atomic E-state index is -4.97. The summed E-state index contributed by atoms with van der Waals surface area (Å²) in [5.74, 6) is -2.52. The van der Waals surface area contributed by atoms with Crippen LogP contribution in [0.2, 0.25) is 0 Å². The van der Waals surface area contributed by atoms with Crippen LogP contribution in [0.1, 0.15) is 18.1 Å². The number of para-hydroxylation sites is 1. The van der Waals surface area contributed by atoms with Crippen molar-refractivity contribution in [3.63, 3.8) is 0 Å². The van der Waals surface area contributed by atoms with Gasteiger partial charge < -0.3 is 10.2 Å². The van der Waals surface area contributed by atoms with Gasteiger partial charge in [-0.3, -0.25) is 19.7 Å². The minimum Gasteiger partial charge on any atom is -0.331 e. The Morgan fingerprint density at radius 2 is 1.87 bits per heavy atom. The number of benzene rings is 2. The van der Waals surface area contributed by atoms with Crippen LogP contribution in [-0.2, 0) is 16.1 Å². The van der Waals surface area contributed by atoms with Crippen molar-refractivity contribution < 1.29 is 27.7 Å². The number of carbonyl (C=O) groups excluding carboxylic acids is 2. The number of anilines is 1. The Morgan fingerprint density at radius 1 is 1.17 bits per heavy atom. The first kappa shape index (κ1) is 22.6. The molecule has 0 saturated heterocycles. The molecule has 0 radical (unpaired) electrons. The van der Waals surface area contributed by atoms with Gasteiger partial charge in [0.2, 0.25) is 5.91 Å². The number of nitro benzene ring substituents is 1. The predicted molar refractivity (Wildman–Crippen MR) is 104 cm³/mol. The lowest BCUT2D eigenvalue weighted by Gasteiger charge is -2.22. The highest BCUT2D eigenvalue weighted by molar-refractivity contribution is 6.02. The second kappa shape index (κ2) is 9.68. The van der Waals surface area contributed by atoms with Crippen LogP contribution >= 0.6 is 0 Å². The van der Waals surface area contributed by atoms with Crippen molar-refractivity contribution in [3.8, 4) is 0 Å². The number of alkyl halides is 3. The molecule has 0 bridgehead atoms. The normalized spacial score (nSPS) is 11.3. The quantitative estimate of drug-likeness (QED) is 0.413. The Morgan fingerprint density at radius 3 is 2.50 bits per heavy atom. The maximum atomic E-state index is 12.6. The second-order valence-electron chi connectivity index (χ2n) is 6.16. The van der Waals surface area contributed by atoms with E-state index in [1.54, 1.807) is 6.07 Å². The van der Waals surface area contributed by atoms with Crippen LogP contribution in [0.15, 0.2) is 54.6 Å². The molecule has 0 saturated carbocycles. The third-order valence-corrected chi connectivity index (χ3v) is 4.03. The van der Waals surface area contributed by atoms with Crippen LogP contribution in [-0.4, -0.2) is 34.4 Å². The molecule has 0 unspecified atom stereocenters. The summed E-state index contributed by atoms with van der Waals surface area (Å²) in [5, 5.41) is 13.5. The van der Waals surface area contributed by atoms with E-state index >= 15 is 0 Å². The van der Waals surface area contributed by atoms with Gasteiger partial charge in [0.1, 0.15) is 0 Å². The van der Waals surface area contributed by atoms with Crippen LogP contribution in [0.25, 0.3) is 6.08 Å². The fourth-order valence-electron chi connectivity index (χ4n) is 2.62. The molecule has 2 amide bonds. The highest BCUT2D eigenvalue weighted by Crippen LogP contribution is 2.21. The molecule has 0 atom stereocenters. The molecule has 7 nitrogen and oxygen atoms in total. The van der Waals surface area contributed by atoms with Gasteiger partial charge in [-0.25, -0.2) is 0 Å². The van der Waals surface area contributed by atoms with E-state index in [0.717, 1.165) is 6.08 Å². The van der Waals surface area contributed by atoms with Gasteiger partial charge in [-0.1, -0.05) is 24.3 Å². The van der Waals surface area contributed by atoms with Crippen molar-refractivity contribution in [1.29, 1.82) is 0 Å². The lowest BCUT2D eigenvalue weighted by Crippen LogP contribution is -2.40. The Bertz CT molecular complexity index is 974. The van der Waals surface area contributed by atoms with Gasteiger partial charge in [0.05, 0.1) is 10.5 Å². The number of nitro groups is 1. The maximum Gasteiger partial charge on any atom is 0.471 e. The maximum absolute atomic E-state index is 12.6. The van der Waals surface area contributed by atoms with Crippen molar-refractivity contribution in [2.45, 2.75) is 19.6 Å². The zero-order valence-electron chi connectivity index (χ0n) is 15.8. The van der Waals surface area contributed by atoms with Gasteiger partial charge in [-0.05, 0) is 36.8 Å². The van der Waals surface area contributed by atoms with Gasteiger partial charge in [0, 0.05) is 30.9 Å². The molecule has 2 rings (SSSR count). The third-order valence-electron chi connectivity index (χ3n) is 4.03. The fraction of sp³-hybridized carbons (Fsp3) is 0.200. The average molecular weight is 421 g/mol. The second-order valence-corrected chi connectivity index (χ2v) is 6.16. The van der Waals surface area contributed by atoms with Crippen molar-refractivity contribution in [2.75, 3.05) is 11.9 Å². The van der Waals surface area contributed by atoms with Crippen molar-refractivity contribution in [1.82, 2.24) is 4.90 Å². The number of halogens is 3. The summed E-state index contributed by atoms with van der Waals surface area (Å²) in [7, 11) is 0. The number of nitrogens with one attached hydrogen (secondary N) is 1. The summed E-state index contributed by atoms with van der Waals surface area (Å²) >= 11 is 0. The van der Waals surface area contributed by atoms with E-state index < -0.39 is 22.9 Å². The molecule has 0 aromatic heterocycles. The van der Waals surface area contributed by atoms with Crippen molar-refractivity contribution in [3.05, 3.63) is 75.8 Å². The molecule has 2 aromatic rings. The summed E-state index contributed by atoms with van der Waals surface area (Å²) in [5.41, 5.74) is 0.795. The highest BCUT2D eigenvalue weighted by atomic mass is 19.4. The van der Waals surface area contributed by atoms with Crippen LogP contribution in [0, 0.1) is 10.1 Å². The zero-order valence-corrected chi connectivity index (χ0v) is 15.8. The van der Waals surface area contributed by atoms with Gasteiger partial charge in [0.15, 0.2) is 0 Å². The van der Waals surface area contributed by atoms with E-state index in [0.29, 0.717) is 16.2 Å². The SMILES string of the molecule is CCN(Cc1cccc(NC(=O)/C=C/c2ccccc2[N+](=O)[O-])c1)C(=O)C(F)(F)F. The number of hydrogen-bond acceptors (Lipinski definition) is 4. The Labute approximate surface area is 170 Å². The molecule has 2 aromatic carbocycles. The summed E-state index contributed by atoms with van der Waals surface area (Å²) in [4.78, 5) is 34.6. The minimum absolute atomic E-state index is 0.131. The summed E-state index contributed by atoms with van der Waals surface area (Å²) in [6.45, 7) is 1.03. The lowest BCUT2D eigenvalue weighted by molar-refractivity contribution is -0.385. The first-order valence-electron chi connectivity index (χ1n) is 8.79. The molecule has 1 N–H and O–H groups in total. The smallest absolute Gasteiger partial charge is 0.331 e. The van der Waals surface area contributed by atoms with Crippen molar-refractivity contribution >= 4 is 29.3 Å². The van der Waals surface area contributed by atoms with Gasteiger partial charge in [0.25, 0.3) is 5.69 Å². The van der Waals surface area contributed by atoms with Crippen LogP contribution < -0.4 is 5.32 Å². The third kappa shape index (κ3) is 6.16. The molecular weight excluding hydrogens is 403 g/mol. The first-order chi connectivity index (χ1) is 14.1. The standard InChI is InChI=1S/C20H18F3N3O4/c1-2-25(19(28)20(21,22)23)13-14-6-5-8-16(12-14)24-18(27)11-10-15-7-3-4-9-17(15)26(29)30/h3-12H,2,13H2,1H3,(H,24,27)/b11-10+. The van der Waals surface area contributed by atoms with Gasteiger partial charge in [-0.15, -0.1) is 0 Å². The van der Waals surface area contributed by atoms with Gasteiger partial charge >= 0.3 is 12.1 Å². The molecule has 30 heavy (non-hydrogen) atoms. The van der Waals surface area contributed by atoms with E-state index in [4.69, 9.17) is 0 Å². The summed E-state index contributed by atoms with van der Waals surface area (Å²) in [6.07, 6.45) is -2.56. The van der Waals surface area contributed by atoms with Crippen LogP contribution in [0.5, 0.6) is 0 Å². The molecule has 158 valence electrons. The van der Waals surface area contributed by atoms with E-state index in [-0.39, 0.29) is 24.3 Å². The number of amides is 2. The van der Waals surface area contributed by atoms with Crippen molar-refractivity contribution in [2.24, 2.45) is 0 Å². The van der Waals surface area contributed by atoms with Gasteiger partial charge in [-0.2, -0.15) is 13.2 Å². The molecular formula is C20H18F3N3O4. The summed E-state index contributed by atoms with van der Waals surface area (Å²) in [6, 6.07) is 11.9. The number of rotatable bonds is 7. The number of carbonyl (C=O) groups is 2. The molecule has 0 fully saturated rings. The number of hydrogen-bond donors (Lipinski definition) is 1.